The SMILES string of the molecule is CC1=C(C=O)CCN1Cc1ccccc1. The van der Waals surface area contributed by atoms with Crippen molar-refractivity contribution < 1.29 is 4.79 Å². The van der Waals surface area contributed by atoms with Crippen molar-refractivity contribution in [3.05, 3.63) is 47.2 Å². The van der Waals surface area contributed by atoms with E-state index in [-0.39, 0.29) is 0 Å². The lowest BCUT2D eigenvalue weighted by Gasteiger charge is -2.19. The molecule has 0 aliphatic carbocycles. The van der Waals surface area contributed by atoms with E-state index in [4.69, 9.17) is 0 Å². The summed E-state index contributed by atoms with van der Waals surface area (Å²) < 4.78 is 0. The summed E-state index contributed by atoms with van der Waals surface area (Å²) in [6, 6.07) is 10.3. The summed E-state index contributed by atoms with van der Waals surface area (Å²) in [4.78, 5) is 13.0. The van der Waals surface area contributed by atoms with Crippen LogP contribution in [0.1, 0.15) is 18.9 Å². The molecule has 1 aromatic carbocycles. The molecule has 1 heterocycles. The molecule has 1 aliphatic rings. The normalized spacial score (nSPS) is 15.9. The molecular formula is C13H15NO. The van der Waals surface area contributed by atoms with Crippen molar-refractivity contribution in [3.8, 4) is 0 Å². The molecule has 1 aromatic rings. The van der Waals surface area contributed by atoms with Crippen molar-refractivity contribution >= 4 is 6.29 Å². The smallest absolute Gasteiger partial charge is 0.147 e. The largest absolute Gasteiger partial charge is 0.370 e. The number of allylic oxidation sites excluding steroid dienone is 1. The summed E-state index contributed by atoms with van der Waals surface area (Å²) in [6.45, 7) is 3.90. The topological polar surface area (TPSA) is 20.3 Å². The lowest BCUT2D eigenvalue weighted by atomic mass is 10.2. The number of aldehydes is 1. The molecule has 2 rings (SSSR count). The molecular weight excluding hydrogens is 186 g/mol. The Hall–Kier alpha value is -1.57. The Morgan fingerprint density at radius 1 is 1.33 bits per heavy atom. The molecule has 0 fully saturated rings. The molecule has 2 heteroatoms. The van der Waals surface area contributed by atoms with Crippen LogP contribution in [-0.4, -0.2) is 17.7 Å². The van der Waals surface area contributed by atoms with Gasteiger partial charge < -0.3 is 4.90 Å². The van der Waals surface area contributed by atoms with Crippen LogP contribution < -0.4 is 0 Å². The van der Waals surface area contributed by atoms with E-state index in [1.807, 2.05) is 25.1 Å². The van der Waals surface area contributed by atoms with Crippen LogP contribution in [0, 0.1) is 0 Å². The fourth-order valence-electron chi connectivity index (χ4n) is 1.95. The molecule has 0 unspecified atom stereocenters. The molecule has 0 saturated carbocycles. The van der Waals surface area contributed by atoms with Gasteiger partial charge in [0.25, 0.3) is 0 Å². The Bertz CT molecular complexity index is 381. The Morgan fingerprint density at radius 2 is 2.07 bits per heavy atom. The molecule has 0 amide bonds. The molecule has 0 spiro atoms. The Kier molecular flexibility index (Phi) is 2.86. The average molecular weight is 201 g/mol. The molecule has 0 atom stereocenters. The number of nitrogens with zero attached hydrogens (tertiary/aromatic N) is 1. The maximum absolute atomic E-state index is 10.7. The number of rotatable bonds is 3. The van der Waals surface area contributed by atoms with Crippen molar-refractivity contribution in [3.63, 3.8) is 0 Å². The molecule has 2 nitrogen and oxygen atoms in total. The van der Waals surface area contributed by atoms with E-state index in [1.165, 1.54) is 5.56 Å². The molecule has 0 saturated heterocycles. The minimum absolute atomic E-state index is 0.891. The van der Waals surface area contributed by atoms with Crippen LogP contribution in [-0.2, 0) is 11.3 Å². The second kappa shape index (κ2) is 4.30. The van der Waals surface area contributed by atoms with Gasteiger partial charge in [-0.25, -0.2) is 0 Å². The lowest BCUT2D eigenvalue weighted by Crippen LogP contribution is -2.17. The summed E-state index contributed by atoms with van der Waals surface area (Å²) in [5, 5.41) is 0. The summed E-state index contributed by atoms with van der Waals surface area (Å²) in [7, 11) is 0. The second-order valence-corrected chi connectivity index (χ2v) is 3.89. The molecule has 0 radical (unpaired) electrons. The van der Waals surface area contributed by atoms with Crippen LogP contribution in [0.3, 0.4) is 0 Å². The van der Waals surface area contributed by atoms with Gasteiger partial charge in [0.1, 0.15) is 6.29 Å². The van der Waals surface area contributed by atoms with Crippen molar-refractivity contribution in [2.75, 3.05) is 6.54 Å². The maximum atomic E-state index is 10.7. The Morgan fingerprint density at radius 3 is 2.67 bits per heavy atom. The minimum atomic E-state index is 0.891. The summed E-state index contributed by atoms with van der Waals surface area (Å²) >= 11 is 0. The van der Waals surface area contributed by atoms with E-state index in [2.05, 4.69) is 17.0 Å². The van der Waals surface area contributed by atoms with E-state index >= 15 is 0 Å². The Labute approximate surface area is 90.2 Å². The van der Waals surface area contributed by atoms with Crippen molar-refractivity contribution in [1.29, 1.82) is 0 Å². The van der Waals surface area contributed by atoms with Gasteiger partial charge in [0, 0.05) is 24.4 Å². The fraction of sp³-hybridized carbons (Fsp3) is 0.308. The van der Waals surface area contributed by atoms with Gasteiger partial charge in [-0.3, -0.25) is 4.79 Å². The van der Waals surface area contributed by atoms with Crippen molar-refractivity contribution in [1.82, 2.24) is 4.90 Å². The van der Waals surface area contributed by atoms with Gasteiger partial charge >= 0.3 is 0 Å². The van der Waals surface area contributed by atoms with Crippen LogP contribution in [0.4, 0.5) is 0 Å². The zero-order chi connectivity index (χ0) is 10.7. The van der Waals surface area contributed by atoms with Gasteiger partial charge in [0.15, 0.2) is 0 Å². The fourth-order valence-corrected chi connectivity index (χ4v) is 1.95. The number of hydrogen-bond acceptors (Lipinski definition) is 2. The van der Waals surface area contributed by atoms with E-state index in [0.717, 1.165) is 37.1 Å². The van der Waals surface area contributed by atoms with Crippen LogP contribution in [0.15, 0.2) is 41.6 Å². The molecule has 0 aromatic heterocycles. The highest BCUT2D eigenvalue weighted by Gasteiger charge is 2.17. The van der Waals surface area contributed by atoms with E-state index in [9.17, 15) is 4.79 Å². The standard InChI is InChI=1S/C13H15NO/c1-11-13(10-15)7-8-14(11)9-12-5-3-2-4-6-12/h2-6,10H,7-9H2,1H3. The number of carbonyl (C=O) groups is 1. The summed E-state index contributed by atoms with van der Waals surface area (Å²) in [5.41, 5.74) is 3.38. The predicted molar refractivity (Wildman–Crippen MR) is 60.2 cm³/mol. The third kappa shape index (κ3) is 2.09. The van der Waals surface area contributed by atoms with Crippen LogP contribution >= 0.6 is 0 Å². The number of benzene rings is 1. The van der Waals surface area contributed by atoms with E-state index < -0.39 is 0 Å². The highest BCUT2D eigenvalue weighted by Crippen LogP contribution is 2.22. The van der Waals surface area contributed by atoms with Gasteiger partial charge in [0.05, 0.1) is 0 Å². The summed E-state index contributed by atoms with van der Waals surface area (Å²) in [6.07, 6.45) is 1.88. The lowest BCUT2D eigenvalue weighted by molar-refractivity contribution is -0.105. The first-order valence-electron chi connectivity index (χ1n) is 5.25. The van der Waals surface area contributed by atoms with Gasteiger partial charge in [0.2, 0.25) is 0 Å². The third-order valence-corrected chi connectivity index (χ3v) is 2.95. The second-order valence-electron chi connectivity index (χ2n) is 3.89. The highest BCUT2D eigenvalue weighted by molar-refractivity contribution is 5.75. The van der Waals surface area contributed by atoms with Crippen molar-refractivity contribution in [2.24, 2.45) is 0 Å². The first-order valence-corrected chi connectivity index (χ1v) is 5.25. The zero-order valence-corrected chi connectivity index (χ0v) is 8.94. The maximum Gasteiger partial charge on any atom is 0.147 e. The predicted octanol–water partition coefficient (Wildman–Crippen LogP) is 2.37. The first kappa shape index (κ1) is 9.97. The Balaban J connectivity index is 2.09. The molecule has 0 bridgehead atoms. The van der Waals surface area contributed by atoms with Crippen molar-refractivity contribution in [2.45, 2.75) is 19.9 Å². The summed E-state index contributed by atoms with van der Waals surface area (Å²) in [5.74, 6) is 0. The highest BCUT2D eigenvalue weighted by atomic mass is 16.1. The monoisotopic (exact) mass is 201 g/mol. The third-order valence-electron chi connectivity index (χ3n) is 2.95. The molecule has 15 heavy (non-hydrogen) atoms. The van der Waals surface area contributed by atoms with Gasteiger partial charge in [-0.15, -0.1) is 0 Å². The van der Waals surface area contributed by atoms with Crippen LogP contribution in [0.25, 0.3) is 0 Å². The molecule has 0 N–H and O–H groups in total. The minimum Gasteiger partial charge on any atom is -0.370 e. The zero-order valence-electron chi connectivity index (χ0n) is 8.94. The molecule has 78 valence electrons. The number of hydrogen-bond donors (Lipinski definition) is 0. The average Bonchev–Trinajstić information content (AvgIpc) is 2.62. The van der Waals surface area contributed by atoms with E-state index in [1.54, 1.807) is 0 Å². The van der Waals surface area contributed by atoms with E-state index in [0.29, 0.717) is 0 Å². The quantitative estimate of drug-likeness (QED) is 0.700. The van der Waals surface area contributed by atoms with Gasteiger partial charge in [-0.1, -0.05) is 30.3 Å². The number of carbonyl (C=O) groups excluding carboxylic acids is 1. The van der Waals surface area contributed by atoms with Gasteiger partial charge in [-0.2, -0.15) is 0 Å². The molecule has 1 aliphatic heterocycles. The first-order chi connectivity index (χ1) is 7.31. The van der Waals surface area contributed by atoms with Crippen LogP contribution in [0.5, 0.6) is 0 Å². The van der Waals surface area contributed by atoms with Crippen LogP contribution in [0.2, 0.25) is 0 Å². The van der Waals surface area contributed by atoms with Gasteiger partial charge in [-0.05, 0) is 18.9 Å².